The molecule has 0 fully saturated rings. The quantitative estimate of drug-likeness (QED) is 0.529. The molecule has 14 heavy (non-hydrogen) atoms. The van der Waals surface area contributed by atoms with Crippen molar-refractivity contribution in [3.63, 3.8) is 0 Å². The van der Waals surface area contributed by atoms with E-state index in [1.54, 1.807) is 0 Å². The summed E-state index contributed by atoms with van der Waals surface area (Å²) >= 11 is 0. The van der Waals surface area contributed by atoms with Crippen molar-refractivity contribution in [2.75, 3.05) is 0 Å². The van der Waals surface area contributed by atoms with Gasteiger partial charge in [0.05, 0.1) is 0 Å². The van der Waals surface area contributed by atoms with E-state index in [1.807, 2.05) is 13.8 Å². The summed E-state index contributed by atoms with van der Waals surface area (Å²) in [6, 6.07) is 0. The van der Waals surface area contributed by atoms with Gasteiger partial charge < -0.3 is 0 Å². The van der Waals surface area contributed by atoms with Crippen molar-refractivity contribution in [3.8, 4) is 0 Å². The monoisotopic (exact) mass is 200 g/mol. The minimum Gasteiger partial charge on any atom is -0.0683 e. The molecular weight excluding hydrogens is 168 g/mol. The van der Waals surface area contributed by atoms with Crippen LogP contribution < -0.4 is 0 Å². The molecule has 0 radical (unpaired) electrons. The predicted molar refractivity (Wildman–Crippen MR) is 68.7 cm³/mol. The lowest BCUT2D eigenvalue weighted by Gasteiger charge is -2.18. The second kappa shape index (κ2) is 11.1. The molecule has 2 atom stereocenters. The zero-order chi connectivity index (χ0) is 11.6. The van der Waals surface area contributed by atoms with Gasteiger partial charge in [-0.25, -0.2) is 0 Å². The Morgan fingerprint density at radius 1 is 0.786 bits per heavy atom. The van der Waals surface area contributed by atoms with Gasteiger partial charge in [0.15, 0.2) is 0 Å². The summed E-state index contributed by atoms with van der Waals surface area (Å²) in [5.41, 5.74) is 0. The van der Waals surface area contributed by atoms with Crippen LogP contribution in [0.5, 0.6) is 0 Å². The topological polar surface area (TPSA) is 0 Å². The number of hydrogen-bond acceptors (Lipinski definition) is 0. The van der Waals surface area contributed by atoms with E-state index in [0.29, 0.717) is 0 Å². The van der Waals surface area contributed by atoms with Crippen molar-refractivity contribution in [1.29, 1.82) is 0 Å². The van der Waals surface area contributed by atoms with Crippen LogP contribution in [0.1, 0.15) is 74.1 Å². The smallest absolute Gasteiger partial charge is 0.0438 e. The maximum atomic E-state index is 2.40. The van der Waals surface area contributed by atoms with Crippen LogP contribution in [-0.2, 0) is 0 Å². The first-order chi connectivity index (χ1) is 6.56. The van der Waals surface area contributed by atoms with Crippen LogP contribution in [0.25, 0.3) is 0 Å². The second-order valence-electron chi connectivity index (χ2n) is 4.86. The average molecular weight is 200 g/mol. The van der Waals surface area contributed by atoms with Crippen LogP contribution in [0.3, 0.4) is 0 Å². The van der Waals surface area contributed by atoms with Gasteiger partial charge in [-0.1, -0.05) is 61.3 Å². The third-order valence-electron chi connectivity index (χ3n) is 2.46. The first-order valence-electron chi connectivity index (χ1n) is 6.56. The van der Waals surface area contributed by atoms with Gasteiger partial charge in [0.25, 0.3) is 0 Å². The molecule has 0 saturated heterocycles. The Bertz CT molecular complexity index is 94.2. The largest absolute Gasteiger partial charge is 0.0683 e. The van der Waals surface area contributed by atoms with E-state index in [4.69, 9.17) is 0 Å². The van der Waals surface area contributed by atoms with Crippen molar-refractivity contribution < 1.29 is 0 Å². The minimum atomic E-state index is 0.869. The Kier molecular flexibility index (Phi) is 13.0. The summed E-state index contributed by atoms with van der Waals surface area (Å²) in [6.07, 6.45) is 5.57. The highest BCUT2D eigenvalue weighted by atomic mass is 14.1. The van der Waals surface area contributed by atoms with Gasteiger partial charge in [0.1, 0.15) is 0 Å². The van der Waals surface area contributed by atoms with E-state index in [-0.39, 0.29) is 0 Å². The normalized spacial score (nSPS) is 14.6. The summed E-state index contributed by atoms with van der Waals surface area (Å²) in [5.74, 6) is 2.73. The Hall–Kier alpha value is 0. The van der Waals surface area contributed by atoms with Crippen molar-refractivity contribution >= 4 is 0 Å². The molecule has 0 aromatic heterocycles. The molecule has 0 bridgehead atoms. The van der Waals surface area contributed by atoms with Crippen LogP contribution in [0.4, 0.5) is 0 Å². The van der Waals surface area contributed by atoms with Gasteiger partial charge in [0, 0.05) is 0 Å². The van der Waals surface area contributed by atoms with Crippen molar-refractivity contribution in [2.45, 2.75) is 74.1 Å². The van der Waals surface area contributed by atoms with Gasteiger partial charge >= 0.3 is 0 Å². The standard InChI is InChI=1S/C12H26.C2H6/c1-6-7-11(4)9-12(5)8-10(2)3;1-2/h10-12H,6-9H2,1-5H3;1-2H3. The number of hydrogen-bond donors (Lipinski definition) is 0. The highest BCUT2D eigenvalue weighted by Crippen LogP contribution is 2.21. The van der Waals surface area contributed by atoms with E-state index in [1.165, 1.54) is 25.7 Å². The van der Waals surface area contributed by atoms with Gasteiger partial charge in [-0.2, -0.15) is 0 Å². The SMILES string of the molecule is CC.CCCC(C)CC(C)CC(C)C. The first-order valence-corrected chi connectivity index (χ1v) is 6.56. The van der Waals surface area contributed by atoms with E-state index in [0.717, 1.165) is 17.8 Å². The van der Waals surface area contributed by atoms with E-state index < -0.39 is 0 Å². The molecule has 0 aliphatic heterocycles. The predicted octanol–water partition coefficient (Wildman–Crippen LogP) is 5.52. The molecule has 0 heterocycles. The van der Waals surface area contributed by atoms with Gasteiger partial charge in [0.2, 0.25) is 0 Å². The molecule has 0 aliphatic rings. The Morgan fingerprint density at radius 3 is 1.64 bits per heavy atom. The van der Waals surface area contributed by atoms with Crippen molar-refractivity contribution in [3.05, 3.63) is 0 Å². The zero-order valence-electron chi connectivity index (χ0n) is 11.6. The molecule has 0 nitrogen and oxygen atoms in total. The third kappa shape index (κ3) is 12.0. The second-order valence-corrected chi connectivity index (χ2v) is 4.86. The zero-order valence-corrected chi connectivity index (χ0v) is 11.6. The van der Waals surface area contributed by atoms with Crippen LogP contribution in [0.15, 0.2) is 0 Å². The molecule has 0 aromatic rings. The molecule has 0 N–H and O–H groups in total. The van der Waals surface area contributed by atoms with E-state index in [9.17, 15) is 0 Å². The molecule has 0 spiro atoms. The van der Waals surface area contributed by atoms with Crippen LogP contribution in [-0.4, -0.2) is 0 Å². The maximum absolute atomic E-state index is 2.40. The lowest BCUT2D eigenvalue weighted by Crippen LogP contribution is -2.05. The average Bonchev–Trinajstić information content (AvgIpc) is 2.06. The molecule has 0 saturated carbocycles. The molecule has 88 valence electrons. The molecule has 2 unspecified atom stereocenters. The summed E-state index contributed by atoms with van der Waals surface area (Å²) in [7, 11) is 0. The molecule has 0 amide bonds. The molecule has 0 aromatic carbocycles. The minimum absolute atomic E-state index is 0.869. The Morgan fingerprint density at radius 2 is 1.29 bits per heavy atom. The van der Waals surface area contributed by atoms with Gasteiger partial charge in [-0.3, -0.25) is 0 Å². The highest BCUT2D eigenvalue weighted by Gasteiger charge is 2.09. The molecule has 0 heteroatoms. The maximum Gasteiger partial charge on any atom is -0.0438 e. The summed E-state index contributed by atoms with van der Waals surface area (Å²) < 4.78 is 0. The van der Waals surface area contributed by atoms with Crippen molar-refractivity contribution in [2.24, 2.45) is 17.8 Å². The van der Waals surface area contributed by atoms with E-state index in [2.05, 4.69) is 34.6 Å². The van der Waals surface area contributed by atoms with E-state index >= 15 is 0 Å². The molecule has 0 rings (SSSR count). The van der Waals surface area contributed by atoms with Gasteiger partial charge in [-0.05, 0) is 30.6 Å². The first kappa shape index (κ1) is 16.4. The highest BCUT2D eigenvalue weighted by molar-refractivity contribution is 4.61. The fraction of sp³-hybridized carbons (Fsp3) is 1.00. The third-order valence-corrected chi connectivity index (χ3v) is 2.46. The summed E-state index contributed by atoms with van der Waals surface area (Å²) in [6.45, 7) is 15.7. The van der Waals surface area contributed by atoms with Crippen LogP contribution in [0.2, 0.25) is 0 Å². The van der Waals surface area contributed by atoms with Gasteiger partial charge in [-0.15, -0.1) is 0 Å². The van der Waals surface area contributed by atoms with Crippen molar-refractivity contribution in [1.82, 2.24) is 0 Å². The summed E-state index contributed by atoms with van der Waals surface area (Å²) in [5, 5.41) is 0. The molecular formula is C14H32. The fourth-order valence-electron chi connectivity index (χ4n) is 2.20. The Balaban J connectivity index is 0. The fourth-order valence-corrected chi connectivity index (χ4v) is 2.20. The summed E-state index contributed by atoms with van der Waals surface area (Å²) in [4.78, 5) is 0. The number of rotatable bonds is 6. The molecule has 0 aliphatic carbocycles. The van der Waals surface area contributed by atoms with Crippen LogP contribution in [0, 0.1) is 17.8 Å². The lowest BCUT2D eigenvalue weighted by atomic mass is 9.88. The van der Waals surface area contributed by atoms with Crippen LogP contribution >= 0.6 is 0 Å². The Labute approximate surface area is 92.5 Å². The lowest BCUT2D eigenvalue weighted by molar-refractivity contribution is 0.342.